The summed E-state index contributed by atoms with van der Waals surface area (Å²) in [6, 6.07) is 33.3. The highest BCUT2D eigenvalue weighted by molar-refractivity contribution is 9.10. The van der Waals surface area contributed by atoms with E-state index in [9.17, 15) is 4.79 Å². The van der Waals surface area contributed by atoms with Gasteiger partial charge >= 0.3 is 0 Å². The zero-order chi connectivity index (χ0) is 25.2. The van der Waals surface area contributed by atoms with Crippen LogP contribution in [0.4, 0.5) is 11.4 Å². The molecular formula is C30H24BrN3OS2. The number of carbonyl (C=O) groups is 1. The highest BCUT2D eigenvalue weighted by Gasteiger charge is 2.24. The molecule has 4 aromatic carbocycles. The standard InChI is InChI=1S/C30H24BrN3OS2/c31-21-15-13-20(14-16-21)29-30(22-7-1-2-8-23(22)33-29)36-18-17-32-28(35)19-34-24-9-3-5-11-26(24)37-27-12-6-4-10-25(27)34/h1-16,33H,17-19H2,(H,32,35). The van der Waals surface area contributed by atoms with Gasteiger partial charge in [-0.3, -0.25) is 4.79 Å². The summed E-state index contributed by atoms with van der Waals surface area (Å²) >= 11 is 7.05. The number of rotatable bonds is 7. The quantitative estimate of drug-likeness (QED) is 0.149. The first-order chi connectivity index (χ1) is 18.2. The van der Waals surface area contributed by atoms with Crippen molar-refractivity contribution in [2.75, 3.05) is 23.7 Å². The molecule has 0 unspecified atom stereocenters. The van der Waals surface area contributed by atoms with Crippen LogP contribution in [0.1, 0.15) is 0 Å². The third kappa shape index (κ3) is 5.04. The van der Waals surface area contributed by atoms with Gasteiger partial charge in [-0.15, -0.1) is 11.8 Å². The third-order valence-electron chi connectivity index (χ3n) is 6.30. The van der Waals surface area contributed by atoms with Gasteiger partial charge in [0.15, 0.2) is 0 Å². The van der Waals surface area contributed by atoms with E-state index in [1.807, 2.05) is 30.3 Å². The third-order valence-corrected chi connectivity index (χ3v) is 9.08. The molecule has 1 aromatic heterocycles. The number of carbonyl (C=O) groups excluding carboxylic acids is 1. The number of halogens is 1. The van der Waals surface area contributed by atoms with E-state index in [2.05, 4.69) is 97.9 Å². The van der Waals surface area contributed by atoms with Crippen LogP contribution in [0, 0.1) is 0 Å². The average molecular weight is 587 g/mol. The van der Waals surface area contributed by atoms with Crippen LogP contribution < -0.4 is 10.2 Å². The Kier molecular flexibility index (Phi) is 7.00. The van der Waals surface area contributed by atoms with Gasteiger partial charge in [0.2, 0.25) is 5.91 Å². The van der Waals surface area contributed by atoms with Crippen molar-refractivity contribution in [2.45, 2.75) is 14.7 Å². The molecule has 2 heterocycles. The number of thioether (sulfide) groups is 1. The van der Waals surface area contributed by atoms with Crippen molar-refractivity contribution < 1.29 is 4.79 Å². The maximum atomic E-state index is 13.0. The highest BCUT2D eigenvalue weighted by atomic mass is 79.9. The van der Waals surface area contributed by atoms with Crippen LogP contribution >= 0.6 is 39.5 Å². The molecule has 1 amide bonds. The Bertz CT molecular complexity index is 1540. The summed E-state index contributed by atoms with van der Waals surface area (Å²) in [5.74, 6) is 0.796. The minimum atomic E-state index is 0.0177. The van der Waals surface area contributed by atoms with Gasteiger partial charge in [-0.25, -0.2) is 0 Å². The fourth-order valence-corrected chi connectivity index (χ4v) is 7.00. The smallest absolute Gasteiger partial charge is 0.239 e. The molecule has 2 N–H and O–H groups in total. The number of para-hydroxylation sites is 3. The van der Waals surface area contributed by atoms with Gasteiger partial charge in [0.1, 0.15) is 6.54 Å². The summed E-state index contributed by atoms with van der Waals surface area (Å²) in [5, 5.41) is 4.35. The molecule has 0 atom stereocenters. The first kappa shape index (κ1) is 24.2. The summed E-state index contributed by atoms with van der Waals surface area (Å²) < 4.78 is 1.06. The van der Waals surface area contributed by atoms with Crippen molar-refractivity contribution in [1.82, 2.24) is 10.3 Å². The Hall–Kier alpha value is -3.13. The maximum absolute atomic E-state index is 13.0. The number of aromatic nitrogens is 1. The van der Waals surface area contributed by atoms with Crippen LogP contribution in [0.25, 0.3) is 22.2 Å². The predicted octanol–water partition coefficient (Wildman–Crippen LogP) is 8.11. The van der Waals surface area contributed by atoms with Gasteiger partial charge in [0.05, 0.1) is 17.1 Å². The molecule has 7 heteroatoms. The Morgan fingerprint density at radius 3 is 2.24 bits per heavy atom. The lowest BCUT2D eigenvalue weighted by Gasteiger charge is -2.32. The SMILES string of the molecule is O=C(CN1c2ccccc2Sc2ccccc21)NCCSc1c(-c2ccc(Br)cc2)[nH]c2ccccc12. The molecule has 4 nitrogen and oxygen atoms in total. The molecule has 0 bridgehead atoms. The molecule has 6 rings (SSSR count). The second-order valence-corrected chi connectivity index (χ2v) is 11.8. The maximum Gasteiger partial charge on any atom is 0.239 e. The fourth-order valence-electron chi connectivity index (χ4n) is 4.58. The molecule has 0 aliphatic carbocycles. The molecule has 0 radical (unpaired) electrons. The molecule has 5 aromatic rings. The zero-order valence-electron chi connectivity index (χ0n) is 19.9. The Morgan fingerprint density at radius 1 is 0.865 bits per heavy atom. The number of nitrogens with zero attached hydrogens (tertiary/aromatic N) is 1. The lowest BCUT2D eigenvalue weighted by atomic mass is 10.1. The van der Waals surface area contributed by atoms with Crippen LogP contribution in [0.15, 0.2) is 116 Å². The van der Waals surface area contributed by atoms with E-state index >= 15 is 0 Å². The highest BCUT2D eigenvalue weighted by Crippen LogP contribution is 2.47. The molecule has 1 aliphatic heterocycles. The predicted molar refractivity (Wildman–Crippen MR) is 159 cm³/mol. The van der Waals surface area contributed by atoms with Crippen LogP contribution in [0.2, 0.25) is 0 Å². The Balaban J connectivity index is 1.14. The van der Waals surface area contributed by atoms with E-state index in [0.717, 1.165) is 38.4 Å². The minimum absolute atomic E-state index is 0.0177. The zero-order valence-corrected chi connectivity index (χ0v) is 23.1. The average Bonchev–Trinajstić information content (AvgIpc) is 3.30. The molecular weight excluding hydrogens is 562 g/mol. The topological polar surface area (TPSA) is 48.1 Å². The van der Waals surface area contributed by atoms with E-state index < -0.39 is 0 Å². The number of fused-ring (bicyclic) bond motifs is 3. The van der Waals surface area contributed by atoms with Crippen molar-refractivity contribution in [3.63, 3.8) is 0 Å². The Labute approximate surface area is 233 Å². The number of nitrogens with one attached hydrogen (secondary N) is 2. The fraction of sp³-hybridized carbons (Fsp3) is 0.100. The van der Waals surface area contributed by atoms with Crippen molar-refractivity contribution in [2.24, 2.45) is 0 Å². The molecule has 0 fully saturated rings. The van der Waals surface area contributed by atoms with Gasteiger partial charge in [0.25, 0.3) is 0 Å². The summed E-state index contributed by atoms with van der Waals surface area (Å²) in [5.41, 5.74) is 5.53. The molecule has 0 saturated heterocycles. The minimum Gasteiger partial charge on any atom is -0.354 e. The largest absolute Gasteiger partial charge is 0.354 e. The van der Waals surface area contributed by atoms with E-state index in [1.165, 1.54) is 20.1 Å². The summed E-state index contributed by atoms with van der Waals surface area (Å²) in [7, 11) is 0. The molecule has 37 heavy (non-hydrogen) atoms. The normalized spacial score (nSPS) is 12.3. The number of anilines is 2. The Morgan fingerprint density at radius 2 is 1.51 bits per heavy atom. The lowest BCUT2D eigenvalue weighted by Crippen LogP contribution is -2.36. The van der Waals surface area contributed by atoms with Crippen molar-refractivity contribution in [1.29, 1.82) is 0 Å². The number of H-pyrrole nitrogens is 1. The number of hydrogen-bond donors (Lipinski definition) is 2. The monoisotopic (exact) mass is 585 g/mol. The molecule has 0 spiro atoms. The van der Waals surface area contributed by atoms with E-state index in [4.69, 9.17) is 0 Å². The van der Waals surface area contributed by atoms with Crippen molar-refractivity contribution >= 4 is 67.6 Å². The summed E-state index contributed by atoms with van der Waals surface area (Å²) in [4.78, 5) is 22.3. The van der Waals surface area contributed by atoms with Gasteiger partial charge in [0, 0.05) is 42.4 Å². The van der Waals surface area contributed by atoms with Crippen LogP contribution in [0.3, 0.4) is 0 Å². The van der Waals surface area contributed by atoms with E-state index in [1.54, 1.807) is 23.5 Å². The lowest BCUT2D eigenvalue weighted by molar-refractivity contribution is -0.119. The van der Waals surface area contributed by atoms with E-state index in [-0.39, 0.29) is 12.5 Å². The van der Waals surface area contributed by atoms with Gasteiger partial charge in [-0.2, -0.15) is 0 Å². The van der Waals surface area contributed by atoms with Gasteiger partial charge in [-0.05, 0) is 48.0 Å². The number of benzene rings is 4. The summed E-state index contributed by atoms with van der Waals surface area (Å²) in [6.07, 6.45) is 0. The second-order valence-electron chi connectivity index (χ2n) is 8.70. The summed E-state index contributed by atoms with van der Waals surface area (Å²) in [6.45, 7) is 0.880. The molecule has 0 saturated carbocycles. The van der Waals surface area contributed by atoms with Crippen LogP contribution in [0.5, 0.6) is 0 Å². The number of amides is 1. The van der Waals surface area contributed by atoms with Crippen LogP contribution in [-0.4, -0.2) is 29.7 Å². The number of hydrogen-bond acceptors (Lipinski definition) is 4. The van der Waals surface area contributed by atoms with Crippen LogP contribution in [-0.2, 0) is 4.79 Å². The van der Waals surface area contributed by atoms with Gasteiger partial charge < -0.3 is 15.2 Å². The molecule has 184 valence electrons. The van der Waals surface area contributed by atoms with Gasteiger partial charge in [-0.1, -0.05) is 82.3 Å². The first-order valence-electron chi connectivity index (χ1n) is 12.1. The van der Waals surface area contributed by atoms with Crippen molar-refractivity contribution in [3.05, 3.63) is 102 Å². The molecule has 1 aliphatic rings. The van der Waals surface area contributed by atoms with Crippen molar-refractivity contribution in [3.8, 4) is 11.3 Å². The number of aromatic amines is 1. The van der Waals surface area contributed by atoms with E-state index in [0.29, 0.717) is 6.54 Å². The second kappa shape index (κ2) is 10.7. The first-order valence-corrected chi connectivity index (χ1v) is 14.7.